The summed E-state index contributed by atoms with van der Waals surface area (Å²) in [6, 6.07) is 0. The fraction of sp³-hybridized carbons (Fsp3) is 0.556. The van der Waals surface area contributed by atoms with Gasteiger partial charge in [0.05, 0.1) is 0 Å². The summed E-state index contributed by atoms with van der Waals surface area (Å²) in [7, 11) is 0. The van der Waals surface area contributed by atoms with E-state index in [2.05, 4.69) is 5.10 Å². The molecule has 0 aromatic carbocycles. The molecule has 0 aliphatic rings. The third-order valence-corrected chi connectivity index (χ3v) is 2.45. The van der Waals surface area contributed by atoms with Crippen LogP contribution in [-0.4, -0.2) is 20.9 Å². The van der Waals surface area contributed by atoms with Gasteiger partial charge in [-0.15, -0.1) is 0 Å². The van der Waals surface area contributed by atoms with E-state index in [9.17, 15) is 13.6 Å². The molecule has 0 saturated heterocycles. The van der Waals surface area contributed by atoms with Crippen LogP contribution in [-0.2, 0) is 6.54 Å². The van der Waals surface area contributed by atoms with E-state index in [1.165, 1.54) is 0 Å². The Balaban J connectivity index is 3.14. The average Bonchev–Trinajstić information content (AvgIpc) is 2.53. The third kappa shape index (κ3) is 2.49. The zero-order valence-electron chi connectivity index (χ0n) is 8.58. The van der Waals surface area contributed by atoms with Gasteiger partial charge in [-0.05, 0) is 6.42 Å². The fourth-order valence-corrected chi connectivity index (χ4v) is 1.57. The van der Waals surface area contributed by atoms with Gasteiger partial charge in [-0.2, -0.15) is 5.10 Å². The van der Waals surface area contributed by atoms with Crippen molar-refractivity contribution < 1.29 is 18.7 Å². The van der Waals surface area contributed by atoms with Crippen LogP contribution in [0.5, 0.6) is 0 Å². The van der Waals surface area contributed by atoms with Gasteiger partial charge < -0.3 is 5.11 Å². The van der Waals surface area contributed by atoms with E-state index in [-0.39, 0.29) is 5.15 Å². The molecule has 0 amide bonds. The number of hydrogen-bond donors (Lipinski definition) is 1. The van der Waals surface area contributed by atoms with Crippen molar-refractivity contribution in [3.8, 4) is 0 Å². The Hall–Kier alpha value is -1.17. The summed E-state index contributed by atoms with van der Waals surface area (Å²) in [5, 5.41) is 12.0. The van der Waals surface area contributed by atoms with Crippen molar-refractivity contribution in [3.05, 3.63) is 16.4 Å². The molecule has 1 rings (SSSR count). The second-order valence-electron chi connectivity index (χ2n) is 3.23. The molecule has 1 aromatic rings. The summed E-state index contributed by atoms with van der Waals surface area (Å²) in [6.07, 6.45) is -1.40. The average molecular weight is 253 g/mol. The lowest BCUT2D eigenvalue weighted by Gasteiger charge is -2.00. The van der Waals surface area contributed by atoms with Crippen molar-refractivity contribution in [1.29, 1.82) is 0 Å². The molecule has 0 unspecified atom stereocenters. The minimum absolute atomic E-state index is 0.240. The van der Waals surface area contributed by atoms with Crippen LogP contribution in [0.25, 0.3) is 0 Å². The van der Waals surface area contributed by atoms with Crippen molar-refractivity contribution >= 4 is 17.6 Å². The number of carboxylic acid groups (broad SMARTS) is 1. The number of hydrogen-bond acceptors (Lipinski definition) is 2. The van der Waals surface area contributed by atoms with E-state index in [4.69, 9.17) is 16.7 Å². The predicted octanol–water partition coefficient (Wildman–Crippen LogP) is 2.97. The Morgan fingerprint density at radius 1 is 1.62 bits per heavy atom. The number of rotatable bonds is 5. The van der Waals surface area contributed by atoms with Gasteiger partial charge in [0, 0.05) is 6.54 Å². The minimum atomic E-state index is -2.94. The molecule has 4 nitrogen and oxygen atoms in total. The number of halogens is 3. The SMILES string of the molecule is CCCCn1nc(C(F)F)c(C(=O)O)c1Cl. The van der Waals surface area contributed by atoms with E-state index >= 15 is 0 Å². The van der Waals surface area contributed by atoms with E-state index in [0.29, 0.717) is 13.0 Å². The van der Waals surface area contributed by atoms with Crippen LogP contribution in [0.1, 0.15) is 42.2 Å². The molecule has 1 aromatic heterocycles. The quantitative estimate of drug-likeness (QED) is 0.876. The van der Waals surface area contributed by atoms with Gasteiger partial charge in [-0.3, -0.25) is 4.68 Å². The molecule has 0 spiro atoms. The number of nitrogens with zero attached hydrogens (tertiary/aromatic N) is 2. The first-order valence-electron chi connectivity index (χ1n) is 4.76. The molecule has 0 aliphatic heterocycles. The van der Waals surface area contributed by atoms with Crippen molar-refractivity contribution in [2.45, 2.75) is 32.7 Å². The second-order valence-corrected chi connectivity index (χ2v) is 3.59. The number of alkyl halides is 2. The van der Waals surface area contributed by atoms with Crippen LogP contribution >= 0.6 is 11.6 Å². The monoisotopic (exact) mass is 252 g/mol. The van der Waals surface area contributed by atoms with Crippen LogP contribution in [0.2, 0.25) is 5.15 Å². The Morgan fingerprint density at radius 3 is 2.62 bits per heavy atom. The number of unbranched alkanes of at least 4 members (excludes halogenated alkanes) is 1. The molecule has 90 valence electrons. The first-order valence-corrected chi connectivity index (χ1v) is 5.14. The molecular weight excluding hydrogens is 242 g/mol. The van der Waals surface area contributed by atoms with Gasteiger partial charge in [-0.1, -0.05) is 24.9 Å². The van der Waals surface area contributed by atoms with Crippen LogP contribution in [0, 0.1) is 0 Å². The summed E-state index contributed by atoms with van der Waals surface area (Å²) >= 11 is 5.69. The standard InChI is InChI=1S/C9H11ClF2N2O2/c1-2-3-4-14-7(10)5(9(15)16)6(13-14)8(11)12/h8H,2-4H2,1H3,(H,15,16). The zero-order valence-corrected chi connectivity index (χ0v) is 9.34. The van der Waals surface area contributed by atoms with Crippen molar-refractivity contribution in [3.63, 3.8) is 0 Å². The highest BCUT2D eigenvalue weighted by atomic mass is 35.5. The fourth-order valence-electron chi connectivity index (χ4n) is 1.27. The Morgan fingerprint density at radius 2 is 2.25 bits per heavy atom. The Kier molecular flexibility index (Phi) is 4.23. The van der Waals surface area contributed by atoms with Gasteiger partial charge in [0.25, 0.3) is 6.43 Å². The molecule has 0 aliphatic carbocycles. The van der Waals surface area contributed by atoms with E-state index in [1.807, 2.05) is 6.92 Å². The highest BCUT2D eigenvalue weighted by Crippen LogP contribution is 2.28. The zero-order chi connectivity index (χ0) is 12.3. The van der Waals surface area contributed by atoms with Gasteiger partial charge in [-0.25, -0.2) is 13.6 Å². The van der Waals surface area contributed by atoms with Crippen LogP contribution in [0.3, 0.4) is 0 Å². The molecule has 1 heterocycles. The number of carboxylic acids is 1. The summed E-state index contributed by atoms with van der Waals surface area (Å²) < 4.78 is 26.1. The minimum Gasteiger partial charge on any atom is -0.478 e. The van der Waals surface area contributed by atoms with Crippen molar-refractivity contribution in [2.75, 3.05) is 0 Å². The smallest absolute Gasteiger partial charge is 0.341 e. The normalized spacial score (nSPS) is 11.1. The lowest BCUT2D eigenvalue weighted by atomic mass is 10.2. The van der Waals surface area contributed by atoms with Gasteiger partial charge in [0.2, 0.25) is 0 Å². The molecule has 16 heavy (non-hydrogen) atoms. The molecule has 0 fully saturated rings. The van der Waals surface area contributed by atoms with E-state index in [1.54, 1.807) is 0 Å². The number of aryl methyl sites for hydroxylation is 1. The summed E-state index contributed by atoms with van der Waals surface area (Å²) in [4.78, 5) is 10.8. The van der Waals surface area contributed by atoms with Gasteiger partial charge in [0.15, 0.2) is 0 Å². The Bertz CT molecular complexity index is 393. The number of aromatic carboxylic acids is 1. The lowest BCUT2D eigenvalue weighted by molar-refractivity contribution is 0.0684. The summed E-state index contributed by atoms with van der Waals surface area (Å²) in [6.45, 7) is 2.26. The third-order valence-electron chi connectivity index (χ3n) is 2.06. The molecular formula is C9H11ClF2N2O2. The van der Waals surface area contributed by atoms with E-state index < -0.39 is 23.7 Å². The first kappa shape index (κ1) is 12.9. The highest BCUT2D eigenvalue weighted by molar-refractivity contribution is 6.32. The van der Waals surface area contributed by atoms with Crippen LogP contribution < -0.4 is 0 Å². The maximum absolute atomic E-state index is 12.5. The largest absolute Gasteiger partial charge is 0.478 e. The topological polar surface area (TPSA) is 55.1 Å². The molecule has 0 bridgehead atoms. The molecule has 0 saturated carbocycles. The van der Waals surface area contributed by atoms with Crippen LogP contribution in [0.4, 0.5) is 8.78 Å². The molecule has 7 heteroatoms. The number of carbonyl (C=O) groups is 1. The maximum atomic E-state index is 12.5. The molecule has 1 N–H and O–H groups in total. The number of aromatic nitrogens is 2. The second kappa shape index (κ2) is 5.25. The predicted molar refractivity (Wildman–Crippen MR) is 54.1 cm³/mol. The van der Waals surface area contributed by atoms with Gasteiger partial charge in [0.1, 0.15) is 16.4 Å². The highest BCUT2D eigenvalue weighted by Gasteiger charge is 2.27. The summed E-state index contributed by atoms with van der Waals surface area (Å²) in [5.41, 5.74) is -1.37. The lowest BCUT2D eigenvalue weighted by Crippen LogP contribution is -2.01. The van der Waals surface area contributed by atoms with Crippen LogP contribution in [0.15, 0.2) is 0 Å². The molecule has 0 atom stereocenters. The molecule has 0 radical (unpaired) electrons. The Labute approximate surface area is 95.8 Å². The first-order chi connectivity index (χ1) is 7.49. The summed E-state index contributed by atoms with van der Waals surface area (Å²) in [5.74, 6) is -1.48. The van der Waals surface area contributed by atoms with Gasteiger partial charge >= 0.3 is 5.97 Å². The van der Waals surface area contributed by atoms with E-state index in [0.717, 1.165) is 11.1 Å². The maximum Gasteiger partial charge on any atom is 0.341 e. The van der Waals surface area contributed by atoms with Crippen molar-refractivity contribution in [2.24, 2.45) is 0 Å². The van der Waals surface area contributed by atoms with Crippen molar-refractivity contribution in [1.82, 2.24) is 9.78 Å².